The predicted molar refractivity (Wildman–Crippen MR) is 79.8 cm³/mol. The number of hydrogen-bond acceptors (Lipinski definition) is 2. The summed E-state index contributed by atoms with van der Waals surface area (Å²) in [7, 11) is 0. The molecule has 18 heavy (non-hydrogen) atoms. The summed E-state index contributed by atoms with van der Waals surface area (Å²) in [6, 6.07) is 8.05. The Hall–Kier alpha value is -1.83. The predicted octanol–water partition coefficient (Wildman–Crippen LogP) is 4.62. The molecule has 1 aromatic rings. The molecule has 0 fully saturated rings. The first kappa shape index (κ1) is 12.6. The average molecular weight is 240 g/mol. The zero-order valence-corrected chi connectivity index (χ0v) is 10.7. The number of rotatable bonds is 0. The lowest BCUT2D eigenvalue weighted by atomic mass is 10.2. The third kappa shape index (κ3) is 4.21. The molecular formula is C16H20N2. The van der Waals surface area contributed by atoms with E-state index in [0.717, 1.165) is 5.69 Å². The van der Waals surface area contributed by atoms with E-state index in [-0.39, 0.29) is 0 Å². The van der Waals surface area contributed by atoms with Gasteiger partial charge in [0.05, 0.1) is 5.69 Å². The van der Waals surface area contributed by atoms with Crippen LogP contribution in [-0.4, -0.2) is 6.21 Å². The zero-order valence-electron chi connectivity index (χ0n) is 10.7. The van der Waals surface area contributed by atoms with E-state index in [1.54, 1.807) is 6.21 Å². The Kier molecular flexibility index (Phi) is 5.25. The SMILES string of the molecule is C1=CCCCCC1.C1=Cc2ccccc2NN=C1. The van der Waals surface area contributed by atoms with Crippen LogP contribution in [0.1, 0.15) is 37.7 Å². The largest absolute Gasteiger partial charge is 0.278 e. The van der Waals surface area contributed by atoms with Crippen LogP contribution in [0.2, 0.25) is 0 Å². The molecule has 1 aliphatic carbocycles. The first-order valence-corrected chi connectivity index (χ1v) is 6.66. The number of para-hydroxylation sites is 1. The molecular weight excluding hydrogens is 220 g/mol. The molecule has 0 saturated heterocycles. The van der Waals surface area contributed by atoms with E-state index in [0.29, 0.717) is 0 Å². The van der Waals surface area contributed by atoms with Crippen LogP contribution >= 0.6 is 0 Å². The van der Waals surface area contributed by atoms with Gasteiger partial charge in [-0.3, -0.25) is 5.43 Å². The highest BCUT2D eigenvalue weighted by molar-refractivity contribution is 5.83. The van der Waals surface area contributed by atoms with E-state index in [2.05, 4.69) is 22.7 Å². The zero-order chi connectivity index (χ0) is 12.5. The molecule has 1 N–H and O–H groups in total. The van der Waals surface area contributed by atoms with Gasteiger partial charge in [0.25, 0.3) is 0 Å². The van der Waals surface area contributed by atoms with Gasteiger partial charge in [-0.05, 0) is 43.4 Å². The van der Waals surface area contributed by atoms with Gasteiger partial charge in [-0.15, -0.1) is 0 Å². The minimum atomic E-state index is 1.05. The Morgan fingerprint density at radius 2 is 1.72 bits per heavy atom. The topological polar surface area (TPSA) is 24.4 Å². The highest BCUT2D eigenvalue weighted by Crippen LogP contribution is 2.17. The number of nitrogens with one attached hydrogen (secondary N) is 1. The Balaban J connectivity index is 0.000000149. The highest BCUT2D eigenvalue weighted by Gasteiger charge is 1.96. The Morgan fingerprint density at radius 3 is 2.56 bits per heavy atom. The lowest BCUT2D eigenvalue weighted by Gasteiger charge is -2.00. The van der Waals surface area contributed by atoms with Crippen LogP contribution in [0.15, 0.2) is 47.6 Å². The van der Waals surface area contributed by atoms with Gasteiger partial charge in [-0.1, -0.05) is 42.8 Å². The lowest BCUT2D eigenvalue weighted by molar-refractivity contribution is 0.718. The van der Waals surface area contributed by atoms with Gasteiger partial charge in [-0.2, -0.15) is 5.10 Å². The molecule has 0 saturated carbocycles. The smallest absolute Gasteiger partial charge is 0.0634 e. The molecule has 0 bridgehead atoms. The third-order valence-corrected chi connectivity index (χ3v) is 2.99. The molecule has 1 aliphatic heterocycles. The molecule has 0 spiro atoms. The van der Waals surface area contributed by atoms with Crippen molar-refractivity contribution in [2.45, 2.75) is 32.1 Å². The normalized spacial score (nSPS) is 16.7. The van der Waals surface area contributed by atoms with E-state index in [9.17, 15) is 0 Å². The van der Waals surface area contributed by atoms with Crippen LogP contribution in [0.3, 0.4) is 0 Å². The summed E-state index contributed by atoms with van der Waals surface area (Å²) >= 11 is 0. The number of nitrogens with zero attached hydrogens (tertiary/aromatic N) is 1. The first-order chi connectivity index (χ1) is 8.97. The highest BCUT2D eigenvalue weighted by atomic mass is 15.3. The fourth-order valence-electron chi connectivity index (χ4n) is 1.98. The number of fused-ring (bicyclic) bond motifs is 1. The van der Waals surface area contributed by atoms with Crippen LogP contribution in [0.4, 0.5) is 5.69 Å². The second kappa shape index (κ2) is 7.49. The number of allylic oxidation sites excluding steroid dienone is 3. The van der Waals surface area contributed by atoms with Crippen molar-refractivity contribution >= 4 is 18.0 Å². The summed E-state index contributed by atoms with van der Waals surface area (Å²) in [4.78, 5) is 0. The van der Waals surface area contributed by atoms with Crippen molar-refractivity contribution in [3.63, 3.8) is 0 Å². The molecule has 0 amide bonds. The summed E-state index contributed by atoms with van der Waals surface area (Å²) in [6.07, 6.45) is 17.2. The van der Waals surface area contributed by atoms with Crippen LogP contribution in [0.25, 0.3) is 6.08 Å². The van der Waals surface area contributed by atoms with Crippen LogP contribution in [0, 0.1) is 0 Å². The van der Waals surface area contributed by atoms with Crippen molar-refractivity contribution in [2.75, 3.05) is 5.43 Å². The van der Waals surface area contributed by atoms with Crippen LogP contribution in [-0.2, 0) is 0 Å². The van der Waals surface area contributed by atoms with Crippen molar-refractivity contribution in [2.24, 2.45) is 5.10 Å². The quantitative estimate of drug-likeness (QED) is 0.657. The second-order valence-corrected chi connectivity index (χ2v) is 4.45. The summed E-state index contributed by atoms with van der Waals surface area (Å²) < 4.78 is 0. The molecule has 3 rings (SSSR count). The summed E-state index contributed by atoms with van der Waals surface area (Å²) in [6.45, 7) is 0. The van der Waals surface area contributed by atoms with Gasteiger partial charge in [0.1, 0.15) is 0 Å². The van der Waals surface area contributed by atoms with Crippen molar-refractivity contribution in [1.29, 1.82) is 0 Å². The maximum atomic E-state index is 3.95. The minimum Gasteiger partial charge on any atom is -0.278 e. The Labute approximate surface area is 109 Å². The summed E-state index contributed by atoms with van der Waals surface area (Å²) in [5.74, 6) is 0. The van der Waals surface area contributed by atoms with E-state index >= 15 is 0 Å². The summed E-state index contributed by atoms with van der Waals surface area (Å²) in [5.41, 5.74) is 5.16. The van der Waals surface area contributed by atoms with E-state index in [1.165, 1.54) is 37.7 Å². The number of anilines is 1. The van der Waals surface area contributed by atoms with Crippen molar-refractivity contribution < 1.29 is 0 Å². The maximum absolute atomic E-state index is 3.95. The fourth-order valence-corrected chi connectivity index (χ4v) is 1.98. The van der Waals surface area contributed by atoms with E-state index in [1.807, 2.05) is 36.4 Å². The molecule has 1 heterocycles. The maximum Gasteiger partial charge on any atom is 0.0634 e. The van der Waals surface area contributed by atoms with Gasteiger partial charge in [0.2, 0.25) is 0 Å². The van der Waals surface area contributed by atoms with Crippen LogP contribution in [0.5, 0.6) is 0 Å². The summed E-state index contributed by atoms with van der Waals surface area (Å²) in [5, 5.41) is 3.95. The molecule has 0 radical (unpaired) electrons. The molecule has 0 unspecified atom stereocenters. The van der Waals surface area contributed by atoms with Gasteiger partial charge in [0.15, 0.2) is 0 Å². The minimum absolute atomic E-state index is 1.05. The molecule has 0 atom stereocenters. The number of hydrogen-bond donors (Lipinski definition) is 1. The second-order valence-electron chi connectivity index (χ2n) is 4.45. The van der Waals surface area contributed by atoms with E-state index < -0.39 is 0 Å². The van der Waals surface area contributed by atoms with Gasteiger partial charge in [-0.25, -0.2) is 0 Å². The van der Waals surface area contributed by atoms with E-state index in [4.69, 9.17) is 0 Å². The third-order valence-electron chi connectivity index (χ3n) is 2.99. The number of hydrazone groups is 1. The number of benzene rings is 1. The van der Waals surface area contributed by atoms with Gasteiger partial charge >= 0.3 is 0 Å². The molecule has 2 aliphatic rings. The molecule has 2 nitrogen and oxygen atoms in total. The van der Waals surface area contributed by atoms with Crippen molar-refractivity contribution in [3.8, 4) is 0 Å². The molecule has 0 aromatic heterocycles. The van der Waals surface area contributed by atoms with Crippen LogP contribution < -0.4 is 5.43 Å². The van der Waals surface area contributed by atoms with Gasteiger partial charge in [0, 0.05) is 6.21 Å². The fraction of sp³-hybridized carbons (Fsp3) is 0.312. The molecule has 2 heteroatoms. The first-order valence-electron chi connectivity index (χ1n) is 6.66. The average Bonchev–Trinajstić information content (AvgIpc) is 2.84. The van der Waals surface area contributed by atoms with Crippen molar-refractivity contribution in [1.82, 2.24) is 0 Å². The monoisotopic (exact) mass is 240 g/mol. The van der Waals surface area contributed by atoms with Gasteiger partial charge < -0.3 is 0 Å². The standard InChI is InChI=1S/C9H8N2.C7H12/c1-2-6-9-8(4-1)5-3-7-10-11-9;1-2-4-6-7-5-3-1/h1-7,11H;1-2H,3-7H2. The Bertz CT molecular complexity index is 436. The van der Waals surface area contributed by atoms with Crippen molar-refractivity contribution in [3.05, 3.63) is 48.1 Å². The molecule has 1 aromatic carbocycles. The lowest BCUT2D eigenvalue weighted by Crippen LogP contribution is -1.87. The Morgan fingerprint density at radius 1 is 0.944 bits per heavy atom. The molecule has 94 valence electrons.